The largest absolute Gasteiger partial charge is 0.496 e. The summed E-state index contributed by atoms with van der Waals surface area (Å²) in [5.74, 6) is -2.27. The molecule has 0 bridgehead atoms. The third-order valence-corrected chi connectivity index (χ3v) is 5.32. The van der Waals surface area contributed by atoms with Crippen molar-refractivity contribution in [2.24, 2.45) is 4.99 Å². The van der Waals surface area contributed by atoms with E-state index in [1.165, 1.54) is 18.4 Å². The summed E-state index contributed by atoms with van der Waals surface area (Å²) < 4.78 is 5.32. The molecule has 2 aromatic carbocycles. The first kappa shape index (κ1) is 23.8. The lowest BCUT2D eigenvalue weighted by Crippen LogP contribution is -2.33. The van der Waals surface area contributed by atoms with E-state index in [4.69, 9.17) is 21.4 Å². The third kappa shape index (κ3) is 6.55. The zero-order chi connectivity index (χ0) is 23.8. The van der Waals surface area contributed by atoms with E-state index >= 15 is 0 Å². The quantitative estimate of drug-likeness (QED) is 0.212. The van der Waals surface area contributed by atoms with Gasteiger partial charge in [-0.15, -0.1) is 11.3 Å². The molecule has 0 atom stereocenters. The maximum atomic E-state index is 11.5. The number of methoxy groups -OCH3 is 1. The summed E-state index contributed by atoms with van der Waals surface area (Å²) in [7, 11) is 1.53. The van der Waals surface area contributed by atoms with Crippen LogP contribution in [-0.2, 0) is 16.1 Å². The molecule has 3 aromatic rings. The van der Waals surface area contributed by atoms with Gasteiger partial charge in [0, 0.05) is 21.5 Å². The molecule has 0 fully saturated rings. The lowest BCUT2D eigenvalue weighted by atomic mass is 10.2. The van der Waals surface area contributed by atoms with Gasteiger partial charge in [0.25, 0.3) is 0 Å². The maximum absolute atomic E-state index is 11.5. The summed E-state index contributed by atoms with van der Waals surface area (Å²) in [6, 6.07) is 14.4. The predicted octanol–water partition coefficient (Wildman–Crippen LogP) is 4.08. The van der Waals surface area contributed by atoms with Crippen LogP contribution < -0.4 is 15.4 Å². The molecule has 1 heterocycles. The number of guanidine groups is 1. The summed E-state index contributed by atoms with van der Waals surface area (Å²) in [6.45, 7) is 0.127. The Hall–Kier alpha value is -3.89. The van der Waals surface area contributed by atoms with E-state index in [9.17, 15) is 14.7 Å². The zero-order valence-electron chi connectivity index (χ0n) is 17.3. The van der Waals surface area contributed by atoms with Gasteiger partial charge < -0.3 is 25.6 Å². The summed E-state index contributed by atoms with van der Waals surface area (Å²) in [5.41, 5.74) is 1.53. The minimum atomic E-state index is -1.46. The van der Waals surface area contributed by atoms with Crippen LogP contribution in [-0.4, -0.2) is 40.2 Å². The first-order valence-electron chi connectivity index (χ1n) is 9.46. The Bertz CT molecular complexity index is 1220. The minimum Gasteiger partial charge on any atom is -0.496 e. The zero-order valence-corrected chi connectivity index (χ0v) is 18.9. The number of nitrogens with one attached hydrogen (secondary N) is 2. The van der Waals surface area contributed by atoms with Gasteiger partial charge in [-0.3, -0.25) is 0 Å². The molecule has 11 heteroatoms. The summed E-state index contributed by atoms with van der Waals surface area (Å²) >= 11 is 7.49. The van der Waals surface area contributed by atoms with Gasteiger partial charge in [-0.05, 0) is 12.1 Å². The predicted molar refractivity (Wildman–Crippen MR) is 127 cm³/mol. The van der Waals surface area contributed by atoms with Gasteiger partial charge in [0.2, 0.25) is 5.96 Å². The maximum Gasteiger partial charge on any atom is 0.352 e. The van der Waals surface area contributed by atoms with Crippen LogP contribution in [0.5, 0.6) is 5.75 Å². The number of para-hydroxylation sites is 1. The van der Waals surface area contributed by atoms with Gasteiger partial charge in [-0.25, -0.2) is 19.6 Å². The Morgan fingerprint density at radius 3 is 2.61 bits per heavy atom. The van der Waals surface area contributed by atoms with E-state index < -0.39 is 17.6 Å². The van der Waals surface area contributed by atoms with Crippen molar-refractivity contribution in [1.82, 2.24) is 10.3 Å². The highest BCUT2D eigenvalue weighted by molar-refractivity contribution is 7.14. The van der Waals surface area contributed by atoms with Crippen molar-refractivity contribution in [3.05, 3.63) is 76.3 Å². The second-order valence-corrected chi connectivity index (χ2v) is 7.71. The Morgan fingerprint density at radius 1 is 1.18 bits per heavy atom. The van der Waals surface area contributed by atoms with Gasteiger partial charge in [0.05, 0.1) is 25.4 Å². The van der Waals surface area contributed by atoms with Crippen LogP contribution in [0.4, 0.5) is 5.13 Å². The molecule has 0 aliphatic rings. The Morgan fingerprint density at radius 2 is 1.91 bits per heavy atom. The second kappa shape index (κ2) is 11.1. The molecule has 0 aliphatic heterocycles. The number of hydrogen-bond acceptors (Lipinski definition) is 6. The number of halogens is 1. The minimum absolute atomic E-state index is 0.00383. The molecule has 0 radical (unpaired) electrons. The van der Waals surface area contributed by atoms with Crippen molar-refractivity contribution in [2.45, 2.75) is 6.54 Å². The number of thiazole rings is 1. The number of carboxylic acids is 2. The normalized spacial score (nSPS) is 11.7. The topological polar surface area (TPSA) is 133 Å². The van der Waals surface area contributed by atoms with Gasteiger partial charge in [0.15, 0.2) is 5.13 Å². The molecule has 33 heavy (non-hydrogen) atoms. The number of carboxylic acid groups (broad SMARTS) is 2. The highest BCUT2D eigenvalue weighted by atomic mass is 35.5. The lowest BCUT2D eigenvalue weighted by Gasteiger charge is -2.12. The number of ether oxygens (including phenoxy) is 1. The van der Waals surface area contributed by atoms with Gasteiger partial charge in [0.1, 0.15) is 11.4 Å². The van der Waals surface area contributed by atoms with Crippen LogP contribution in [0.2, 0.25) is 5.02 Å². The van der Waals surface area contributed by atoms with Crippen LogP contribution in [0.3, 0.4) is 0 Å². The first-order valence-corrected chi connectivity index (χ1v) is 10.7. The number of hydrogen-bond donors (Lipinski definition) is 4. The molecular formula is C22H19ClN4O5S. The first-order chi connectivity index (χ1) is 15.9. The Labute approximate surface area is 198 Å². The Balaban J connectivity index is 1.90. The lowest BCUT2D eigenvalue weighted by molar-refractivity contribution is -0.135. The molecule has 0 spiro atoms. The fraction of sp³-hybridized carbons (Fsp3) is 0.0909. The van der Waals surface area contributed by atoms with Crippen LogP contribution >= 0.6 is 22.9 Å². The number of aromatic nitrogens is 1. The van der Waals surface area contributed by atoms with Crippen LogP contribution in [0, 0.1) is 0 Å². The second-order valence-electron chi connectivity index (χ2n) is 6.45. The number of aliphatic carboxylic acids is 2. The van der Waals surface area contributed by atoms with Crippen molar-refractivity contribution >= 4 is 46.0 Å². The average Bonchev–Trinajstić information content (AvgIpc) is 3.25. The molecule has 0 unspecified atom stereocenters. The molecule has 9 nitrogen and oxygen atoms in total. The molecule has 170 valence electrons. The van der Waals surface area contributed by atoms with Crippen LogP contribution in [0.25, 0.3) is 11.3 Å². The molecule has 0 saturated heterocycles. The number of carbonyl (C=O) groups is 2. The molecule has 0 saturated carbocycles. The molecule has 4 N–H and O–H groups in total. The van der Waals surface area contributed by atoms with Crippen molar-refractivity contribution in [3.63, 3.8) is 0 Å². The SMILES string of the molecule is COc1ccccc1CN=C(N/C(=C\C(=O)O)C(=O)O)Nc1nc(-c2ccccc2Cl)cs1. The number of nitrogens with zero attached hydrogens (tertiary/aromatic N) is 2. The number of benzene rings is 2. The third-order valence-electron chi connectivity index (χ3n) is 4.23. The number of rotatable bonds is 8. The average molecular weight is 487 g/mol. The van der Waals surface area contributed by atoms with E-state index in [1.54, 1.807) is 17.5 Å². The number of anilines is 1. The summed E-state index contributed by atoms with van der Waals surface area (Å²) in [6.07, 6.45) is 0.541. The monoisotopic (exact) mass is 486 g/mol. The van der Waals surface area contributed by atoms with Crippen molar-refractivity contribution in [1.29, 1.82) is 0 Å². The van der Waals surface area contributed by atoms with Gasteiger partial charge in [-0.2, -0.15) is 0 Å². The van der Waals surface area contributed by atoms with Gasteiger partial charge >= 0.3 is 11.9 Å². The van der Waals surface area contributed by atoms with Crippen LogP contribution in [0.15, 0.2) is 70.7 Å². The van der Waals surface area contributed by atoms with Crippen molar-refractivity contribution in [2.75, 3.05) is 12.4 Å². The van der Waals surface area contributed by atoms with Gasteiger partial charge in [-0.1, -0.05) is 48.0 Å². The van der Waals surface area contributed by atoms with E-state index in [0.29, 0.717) is 27.7 Å². The fourth-order valence-electron chi connectivity index (χ4n) is 2.74. The standard InChI is InChI=1S/C22H19ClN4O5S/c1-32-18-9-5-2-6-13(18)11-24-21(25-16(20(30)31)10-19(28)29)27-22-26-17(12-33-22)14-7-3-4-8-15(14)23/h2-10,12H,11H2,1H3,(H,28,29)(H,30,31)(H2,24,25,26,27)/b16-10-. The molecular weight excluding hydrogens is 468 g/mol. The van der Waals surface area contributed by atoms with E-state index in [1.807, 2.05) is 36.4 Å². The fourth-order valence-corrected chi connectivity index (χ4v) is 3.68. The summed E-state index contributed by atoms with van der Waals surface area (Å²) in [4.78, 5) is 31.4. The highest BCUT2D eigenvalue weighted by Gasteiger charge is 2.15. The molecule has 0 amide bonds. The van der Waals surface area contributed by atoms with E-state index in [2.05, 4.69) is 20.6 Å². The molecule has 3 rings (SSSR count). The summed E-state index contributed by atoms with van der Waals surface area (Å²) in [5, 5.41) is 26.5. The Kier molecular flexibility index (Phi) is 8.01. The van der Waals surface area contributed by atoms with Crippen molar-refractivity contribution in [3.8, 4) is 17.0 Å². The van der Waals surface area contributed by atoms with Crippen LogP contribution in [0.1, 0.15) is 5.56 Å². The van der Waals surface area contributed by atoms with Crippen molar-refractivity contribution < 1.29 is 24.5 Å². The smallest absolute Gasteiger partial charge is 0.352 e. The molecule has 0 aliphatic carbocycles. The number of aliphatic imine (C=N–C) groups is 1. The van der Waals surface area contributed by atoms with E-state index in [-0.39, 0.29) is 12.5 Å². The van der Waals surface area contributed by atoms with E-state index in [0.717, 1.165) is 11.1 Å². The highest BCUT2D eigenvalue weighted by Crippen LogP contribution is 2.30. The molecule has 1 aromatic heterocycles.